The van der Waals surface area contributed by atoms with Gasteiger partial charge in [-0.25, -0.2) is 0 Å². The SMILES string of the molecule is CCN(C)C1N(C)[SiH2]N1C. The van der Waals surface area contributed by atoms with Gasteiger partial charge in [-0.1, -0.05) is 6.92 Å². The average Bonchev–Trinajstić information content (AvgIpc) is 1.87. The summed E-state index contributed by atoms with van der Waals surface area (Å²) in [5.41, 5.74) is 0. The third-order valence-corrected chi connectivity index (χ3v) is 3.67. The van der Waals surface area contributed by atoms with Gasteiger partial charge in [0.2, 0.25) is 0 Å². The predicted octanol–water partition coefficient (Wildman–Crippen LogP) is -0.902. The maximum atomic E-state index is 2.46. The molecule has 60 valence electrons. The van der Waals surface area contributed by atoms with Gasteiger partial charge >= 0.3 is 0 Å². The lowest BCUT2D eigenvalue weighted by Gasteiger charge is -2.51. The van der Waals surface area contributed by atoms with E-state index in [1.807, 2.05) is 0 Å². The van der Waals surface area contributed by atoms with Crippen LogP contribution in [0.15, 0.2) is 0 Å². The monoisotopic (exact) mass is 159 g/mol. The molecule has 10 heavy (non-hydrogen) atoms. The molecule has 0 N–H and O–H groups in total. The van der Waals surface area contributed by atoms with E-state index in [0.717, 1.165) is 6.54 Å². The van der Waals surface area contributed by atoms with Crippen molar-refractivity contribution in [3.8, 4) is 0 Å². The molecule has 1 aliphatic heterocycles. The lowest BCUT2D eigenvalue weighted by atomic mass is 10.6. The Bertz CT molecular complexity index is 112. The van der Waals surface area contributed by atoms with Gasteiger partial charge in [0.05, 0.1) is 0 Å². The van der Waals surface area contributed by atoms with Gasteiger partial charge in [-0.3, -0.25) is 14.0 Å². The first kappa shape index (κ1) is 8.20. The first-order chi connectivity index (χ1) is 4.66. The van der Waals surface area contributed by atoms with Crippen LogP contribution in [0.3, 0.4) is 0 Å². The third-order valence-electron chi connectivity index (χ3n) is 2.13. The second-order valence-electron chi connectivity index (χ2n) is 3.08. The van der Waals surface area contributed by atoms with Crippen LogP contribution in [0.4, 0.5) is 0 Å². The molecule has 0 amide bonds. The van der Waals surface area contributed by atoms with E-state index in [1.165, 1.54) is 0 Å². The van der Waals surface area contributed by atoms with Gasteiger partial charge in [0.1, 0.15) is 6.29 Å². The molecule has 0 radical (unpaired) electrons. The summed E-state index contributed by atoms with van der Waals surface area (Å²) in [6.07, 6.45) is 0.594. The van der Waals surface area contributed by atoms with Crippen LogP contribution in [0.1, 0.15) is 6.92 Å². The first-order valence-electron chi connectivity index (χ1n) is 3.77. The van der Waals surface area contributed by atoms with Crippen molar-refractivity contribution in [1.29, 1.82) is 0 Å². The summed E-state index contributed by atoms with van der Waals surface area (Å²) in [6.45, 7) is 3.33. The van der Waals surface area contributed by atoms with E-state index in [0.29, 0.717) is 6.29 Å². The quantitative estimate of drug-likeness (QED) is 0.483. The lowest BCUT2D eigenvalue weighted by Crippen LogP contribution is -2.69. The zero-order chi connectivity index (χ0) is 7.72. The van der Waals surface area contributed by atoms with Crippen LogP contribution in [0.5, 0.6) is 0 Å². The van der Waals surface area contributed by atoms with Crippen molar-refractivity contribution in [3.05, 3.63) is 0 Å². The van der Waals surface area contributed by atoms with E-state index >= 15 is 0 Å². The molecule has 1 fully saturated rings. The van der Waals surface area contributed by atoms with Crippen LogP contribution in [-0.4, -0.2) is 57.9 Å². The Balaban J connectivity index is 2.38. The van der Waals surface area contributed by atoms with Crippen LogP contribution in [0, 0.1) is 0 Å². The Kier molecular flexibility index (Phi) is 2.46. The summed E-state index contributed by atoms with van der Waals surface area (Å²) >= 11 is 0. The lowest BCUT2D eigenvalue weighted by molar-refractivity contribution is 0.00289. The van der Waals surface area contributed by atoms with Crippen LogP contribution in [0.25, 0.3) is 0 Å². The van der Waals surface area contributed by atoms with Gasteiger partial charge in [0.15, 0.2) is 9.84 Å². The molecule has 0 unspecified atom stereocenters. The summed E-state index contributed by atoms with van der Waals surface area (Å²) in [6, 6.07) is 0. The second kappa shape index (κ2) is 3.00. The average molecular weight is 159 g/mol. The van der Waals surface area contributed by atoms with Gasteiger partial charge in [-0.2, -0.15) is 0 Å². The Labute approximate surface area is 65.6 Å². The van der Waals surface area contributed by atoms with Gasteiger partial charge < -0.3 is 0 Å². The molecule has 1 rings (SSSR count). The van der Waals surface area contributed by atoms with Crippen LogP contribution in [0.2, 0.25) is 0 Å². The molecule has 3 nitrogen and oxygen atoms in total. The van der Waals surface area contributed by atoms with E-state index in [2.05, 4.69) is 42.1 Å². The minimum absolute atomic E-state index is 0.0208. The van der Waals surface area contributed by atoms with Crippen molar-refractivity contribution >= 4 is 9.84 Å². The predicted molar refractivity (Wildman–Crippen MR) is 46.2 cm³/mol. The van der Waals surface area contributed by atoms with Crippen LogP contribution >= 0.6 is 0 Å². The van der Waals surface area contributed by atoms with Crippen molar-refractivity contribution in [1.82, 2.24) is 14.0 Å². The van der Waals surface area contributed by atoms with Gasteiger partial charge in [-0.05, 0) is 27.7 Å². The fourth-order valence-corrected chi connectivity index (χ4v) is 3.38. The Morgan fingerprint density at radius 3 is 2.10 bits per heavy atom. The zero-order valence-electron chi connectivity index (χ0n) is 7.33. The first-order valence-corrected chi connectivity index (χ1v) is 5.04. The standard InChI is InChI=1S/C6H17N3Si/c1-5-7(2)6-8(3)10-9(6)4/h6H,5,10H2,1-4H3. The Morgan fingerprint density at radius 2 is 1.90 bits per heavy atom. The highest BCUT2D eigenvalue weighted by molar-refractivity contribution is 6.31. The van der Waals surface area contributed by atoms with Crippen molar-refractivity contribution < 1.29 is 0 Å². The fourth-order valence-electron chi connectivity index (χ4n) is 1.57. The summed E-state index contributed by atoms with van der Waals surface area (Å²) < 4.78 is 4.92. The summed E-state index contributed by atoms with van der Waals surface area (Å²) in [5.74, 6) is 0. The smallest absolute Gasteiger partial charge is 0.177 e. The maximum Gasteiger partial charge on any atom is 0.177 e. The van der Waals surface area contributed by atoms with Crippen molar-refractivity contribution in [3.63, 3.8) is 0 Å². The number of hydrogen-bond acceptors (Lipinski definition) is 3. The van der Waals surface area contributed by atoms with Gasteiger partial charge in [0, 0.05) is 0 Å². The van der Waals surface area contributed by atoms with E-state index < -0.39 is 0 Å². The minimum atomic E-state index is -0.0208. The normalized spacial score (nSPS) is 31.5. The molecule has 0 aromatic rings. The minimum Gasteiger partial charge on any atom is -0.292 e. The maximum absolute atomic E-state index is 2.46. The van der Waals surface area contributed by atoms with Crippen LogP contribution in [-0.2, 0) is 0 Å². The van der Waals surface area contributed by atoms with E-state index in [9.17, 15) is 0 Å². The highest BCUT2D eigenvalue weighted by atomic mass is 28.2. The Hall–Kier alpha value is 0.0969. The van der Waals surface area contributed by atoms with E-state index in [-0.39, 0.29) is 9.84 Å². The second-order valence-corrected chi connectivity index (χ2v) is 5.35. The third kappa shape index (κ3) is 1.25. The van der Waals surface area contributed by atoms with Gasteiger partial charge in [0.25, 0.3) is 0 Å². The molecule has 1 aliphatic rings. The molecule has 0 atom stereocenters. The molecule has 1 saturated heterocycles. The summed E-state index contributed by atoms with van der Waals surface area (Å²) in [7, 11) is 6.57. The van der Waals surface area contributed by atoms with E-state index in [1.54, 1.807) is 0 Å². The van der Waals surface area contributed by atoms with Crippen molar-refractivity contribution in [2.45, 2.75) is 13.2 Å². The number of rotatable bonds is 2. The summed E-state index contributed by atoms with van der Waals surface area (Å²) in [5, 5.41) is 0. The Morgan fingerprint density at radius 1 is 1.40 bits per heavy atom. The molecular formula is C6H17N3Si. The molecule has 0 aromatic carbocycles. The molecule has 0 bridgehead atoms. The number of hydrogen-bond donors (Lipinski definition) is 0. The van der Waals surface area contributed by atoms with Crippen LogP contribution < -0.4 is 0 Å². The molecule has 0 saturated carbocycles. The fraction of sp³-hybridized carbons (Fsp3) is 1.00. The largest absolute Gasteiger partial charge is 0.292 e. The van der Waals surface area contributed by atoms with E-state index in [4.69, 9.17) is 0 Å². The van der Waals surface area contributed by atoms with Crippen molar-refractivity contribution in [2.75, 3.05) is 27.7 Å². The zero-order valence-corrected chi connectivity index (χ0v) is 8.75. The molecule has 0 aliphatic carbocycles. The topological polar surface area (TPSA) is 9.72 Å². The van der Waals surface area contributed by atoms with Crippen molar-refractivity contribution in [2.24, 2.45) is 0 Å². The summed E-state index contributed by atoms with van der Waals surface area (Å²) in [4.78, 5) is 2.36. The molecule has 1 heterocycles. The molecule has 4 heteroatoms. The number of nitrogens with zero attached hydrogens (tertiary/aromatic N) is 3. The molecule has 0 aromatic heterocycles. The molecular weight excluding hydrogens is 142 g/mol. The highest BCUT2D eigenvalue weighted by Gasteiger charge is 2.32. The van der Waals surface area contributed by atoms with Gasteiger partial charge in [-0.15, -0.1) is 0 Å². The molecule has 0 spiro atoms. The highest BCUT2D eigenvalue weighted by Crippen LogP contribution is 2.13.